The van der Waals surface area contributed by atoms with E-state index in [0.29, 0.717) is 0 Å². The van der Waals surface area contributed by atoms with Crippen LogP contribution in [0.3, 0.4) is 0 Å². The second-order valence-corrected chi connectivity index (χ2v) is 10.7. The number of benzene rings is 2. The predicted molar refractivity (Wildman–Crippen MR) is 127 cm³/mol. The SMILES string of the molecule is [Cl-].[Cl-].[Ti+4].c1ccc2[cH-]c(-p3cccc3)cc2c1.c1ccc2[cH-]c(-p3cccc3)cc2c1. The zero-order valence-corrected chi connectivity index (χ0v) is 21.6. The molecule has 0 fully saturated rings. The first-order valence-corrected chi connectivity index (χ1v) is 12.4. The Balaban J connectivity index is 0.000000201. The first-order chi connectivity index (χ1) is 13.9. The van der Waals surface area contributed by atoms with Crippen LogP contribution < -0.4 is 24.8 Å². The molecule has 31 heavy (non-hydrogen) atoms. The number of hydrogen-bond donors (Lipinski definition) is 0. The summed E-state index contributed by atoms with van der Waals surface area (Å²) < 4.78 is 0. The van der Waals surface area contributed by atoms with Gasteiger partial charge in [-0.2, -0.15) is 12.1 Å². The van der Waals surface area contributed by atoms with E-state index in [9.17, 15) is 0 Å². The van der Waals surface area contributed by atoms with Crippen LogP contribution in [-0.2, 0) is 21.7 Å². The Labute approximate surface area is 212 Å². The summed E-state index contributed by atoms with van der Waals surface area (Å²) in [6, 6.07) is 34.9. The summed E-state index contributed by atoms with van der Waals surface area (Å²) in [4.78, 5) is 0. The fourth-order valence-electron chi connectivity index (χ4n) is 3.58. The van der Waals surface area contributed by atoms with Crippen LogP contribution in [0.25, 0.3) is 32.2 Å². The van der Waals surface area contributed by atoms with Gasteiger partial charge in [-0.05, 0) is 23.2 Å². The van der Waals surface area contributed by atoms with Crippen LogP contribution in [0, 0.1) is 0 Å². The second-order valence-electron chi connectivity index (χ2n) is 6.87. The van der Waals surface area contributed by atoms with Gasteiger partial charge < -0.3 is 24.8 Å². The van der Waals surface area contributed by atoms with Crippen molar-refractivity contribution in [2.24, 2.45) is 0 Å². The Morgan fingerprint density at radius 3 is 1.19 bits per heavy atom. The van der Waals surface area contributed by atoms with E-state index in [1.807, 2.05) is 0 Å². The average Bonchev–Trinajstić information content (AvgIpc) is 3.54. The summed E-state index contributed by atoms with van der Waals surface area (Å²) in [6.45, 7) is 0. The molecule has 4 aromatic carbocycles. The predicted octanol–water partition coefficient (Wildman–Crippen LogP) is 3.07. The van der Waals surface area contributed by atoms with Crippen molar-refractivity contribution >= 4 is 36.6 Å². The van der Waals surface area contributed by atoms with Gasteiger partial charge in [0.05, 0.1) is 0 Å². The molecule has 0 saturated heterocycles. The van der Waals surface area contributed by atoms with Gasteiger partial charge in [-0.25, -0.2) is 0 Å². The van der Waals surface area contributed by atoms with Crippen LogP contribution in [0.1, 0.15) is 0 Å². The van der Waals surface area contributed by atoms with Crippen LogP contribution in [-0.4, -0.2) is 0 Å². The van der Waals surface area contributed by atoms with E-state index in [4.69, 9.17) is 0 Å². The van der Waals surface area contributed by atoms with Gasteiger partial charge in [-0.3, -0.25) is 0 Å². The van der Waals surface area contributed by atoms with E-state index in [1.165, 1.54) is 32.2 Å². The van der Waals surface area contributed by atoms with Crippen molar-refractivity contribution in [1.82, 2.24) is 0 Å². The molecule has 0 radical (unpaired) electrons. The van der Waals surface area contributed by atoms with Crippen molar-refractivity contribution in [2.45, 2.75) is 0 Å². The van der Waals surface area contributed by atoms with Gasteiger partial charge in [0, 0.05) is 0 Å². The molecule has 0 saturated carbocycles. The summed E-state index contributed by atoms with van der Waals surface area (Å²) in [6.07, 6.45) is 0. The summed E-state index contributed by atoms with van der Waals surface area (Å²) in [5.41, 5.74) is 0. The Morgan fingerprint density at radius 1 is 0.484 bits per heavy atom. The van der Waals surface area contributed by atoms with Gasteiger partial charge in [0.15, 0.2) is 0 Å². The molecule has 6 rings (SSSR count). The van der Waals surface area contributed by atoms with Crippen molar-refractivity contribution in [3.63, 3.8) is 0 Å². The fraction of sp³-hybridized carbons (Fsp3) is 0. The Hall–Kier alpha value is -1.49. The average molecular weight is 513 g/mol. The standard InChI is InChI=1S/2C13H10P.2ClH.Ti/c2*1-2-6-12-10-13(9-11(12)5-1)14-7-3-4-8-14;;;/h2*1-10H;2*1H;/q2*-1;;;+4/p-2. The quantitative estimate of drug-likeness (QED) is 0.247. The third-order valence-corrected chi connectivity index (χ3v) is 8.69. The molecule has 0 unspecified atom stereocenters. The largest absolute Gasteiger partial charge is 4.00 e. The monoisotopic (exact) mass is 512 g/mol. The zero-order valence-electron chi connectivity index (χ0n) is 16.7. The van der Waals surface area contributed by atoms with E-state index in [-0.39, 0.29) is 61.6 Å². The molecule has 0 bridgehead atoms. The van der Waals surface area contributed by atoms with Crippen molar-refractivity contribution in [2.75, 3.05) is 0 Å². The molecule has 0 amide bonds. The number of rotatable bonds is 2. The van der Waals surface area contributed by atoms with Crippen LogP contribution in [0.15, 0.2) is 120 Å². The Kier molecular flexibility index (Phi) is 9.93. The summed E-state index contributed by atoms with van der Waals surface area (Å²) in [5, 5.41) is 8.37. The van der Waals surface area contributed by atoms with Crippen molar-refractivity contribution in [1.29, 1.82) is 0 Å². The maximum absolute atomic E-state index is 2.31. The normalized spacial score (nSPS) is 9.81. The Morgan fingerprint density at radius 2 is 0.839 bits per heavy atom. The van der Waals surface area contributed by atoms with Gasteiger partial charge in [0.2, 0.25) is 0 Å². The fourth-order valence-corrected chi connectivity index (χ4v) is 6.76. The van der Waals surface area contributed by atoms with E-state index in [0.717, 1.165) is 0 Å². The van der Waals surface area contributed by atoms with Crippen molar-refractivity contribution < 1.29 is 46.5 Å². The zero-order chi connectivity index (χ0) is 18.8. The van der Waals surface area contributed by atoms with Crippen LogP contribution in [0.5, 0.6) is 0 Å². The van der Waals surface area contributed by atoms with Crippen molar-refractivity contribution in [3.8, 4) is 10.6 Å². The van der Waals surface area contributed by atoms with Crippen LogP contribution in [0.4, 0.5) is 0 Å². The number of hydrogen-bond acceptors (Lipinski definition) is 0. The maximum Gasteiger partial charge on any atom is 4.00 e. The third kappa shape index (κ3) is 5.85. The Bertz CT molecular complexity index is 1140. The topological polar surface area (TPSA) is 0 Å². The summed E-state index contributed by atoms with van der Waals surface area (Å²) in [7, 11) is -0.296. The van der Waals surface area contributed by atoms with Gasteiger partial charge in [-0.1, -0.05) is 47.0 Å². The number of fused-ring (bicyclic) bond motifs is 2. The van der Waals surface area contributed by atoms with Gasteiger partial charge in [0.1, 0.15) is 0 Å². The number of halogens is 2. The third-order valence-electron chi connectivity index (χ3n) is 5.01. The molecule has 0 aliphatic rings. The van der Waals surface area contributed by atoms with Gasteiger partial charge in [-0.15, -0.1) is 85.1 Å². The molecule has 152 valence electrons. The van der Waals surface area contributed by atoms with Gasteiger partial charge in [0.25, 0.3) is 0 Å². The molecule has 2 aromatic heterocycles. The van der Waals surface area contributed by atoms with E-state index < -0.39 is 0 Å². The molecular formula is C26H20Cl2P2Ti. The van der Waals surface area contributed by atoms with Crippen molar-refractivity contribution in [3.05, 3.63) is 120 Å². The van der Waals surface area contributed by atoms with Gasteiger partial charge >= 0.3 is 21.7 Å². The minimum absolute atomic E-state index is 0. The smallest absolute Gasteiger partial charge is 1.00 e. The summed E-state index contributed by atoms with van der Waals surface area (Å²) in [5.74, 6) is 9.18. The molecular weight excluding hydrogens is 493 g/mol. The molecule has 0 N–H and O–H groups in total. The minimum Gasteiger partial charge on any atom is -1.00 e. The van der Waals surface area contributed by atoms with E-state index >= 15 is 0 Å². The minimum atomic E-state index is -0.148. The summed E-state index contributed by atoms with van der Waals surface area (Å²) >= 11 is 0. The molecule has 6 aromatic rings. The second kappa shape index (κ2) is 11.9. The molecule has 2 heterocycles. The first kappa shape index (κ1) is 25.8. The maximum atomic E-state index is 2.31. The molecule has 0 spiro atoms. The molecule has 5 heteroatoms. The van der Waals surface area contributed by atoms with Crippen LogP contribution >= 0.6 is 15.1 Å². The molecule has 0 aliphatic heterocycles. The molecule has 0 aliphatic carbocycles. The van der Waals surface area contributed by atoms with Crippen LogP contribution in [0.2, 0.25) is 0 Å². The molecule has 0 nitrogen and oxygen atoms in total. The first-order valence-electron chi connectivity index (χ1n) is 9.44. The van der Waals surface area contributed by atoms with E-state index in [2.05, 4.69) is 120 Å². The van der Waals surface area contributed by atoms with E-state index in [1.54, 1.807) is 0 Å². The molecule has 0 atom stereocenters.